The number of nitrogens with zero attached hydrogens (tertiary/aromatic N) is 1. The lowest BCUT2D eigenvalue weighted by Crippen LogP contribution is -2.42. The van der Waals surface area contributed by atoms with E-state index in [0.717, 1.165) is 35.9 Å². The summed E-state index contributed by atoms with van der Waals surface area (Å²) in [6.07, 6.45) is 5.21. The third kappa shape index (κ3) is 2.95. The molecule has 5 nitrogen and oxygen atoms in total. The zero-order valence-electron chi connectivity index (χ0n) is 13.0. The number of aromatic nitrogens is 1. The molecular weight excluding hydrogens is 280 g/mol. The third-order valence-corrected chi connectivity index (χ3v) is 4.39. The van der Waals surface area contributed by atoms with Gasteiger partial charge < -0.3 is 19.4 Å². The van der Waals surface area contributed by atoms with E-state index >= 15 is 0 Å². The molecule has 1 saturated carbocycles. The van der Waals surface area contributed by atoms with Gasteiger partial charge >= 0.3 is 0 Å². The summed E-state index contributed by atoms with van der Waals surface area (Å²) >= 11 is 0. The topological polar surface area (TPSA) is 52.5 Å². The number of methoxy groups -OCH3 is 2. The van der Waals surface area contributed by atoms with Crippen LogP contribution in [0.25, 0.3) is 10.9 Å². The molecule has 1 aliphatic rings. The minimum absolute atomic E-state index is 0.0299. The Balaban J connectivity index is 1.69. The summed E-state index contributed by atoms with van der Waals surface area (Å²) in [5.74, 6) is 0.853. The smallest absolute Gasteiger partial charge is 0.240 e. The van der Waals surface area contributed by atoms with E-state index < -0.39 is 0 Å². The number of amides is 1. The van der Waals surface area contributed by atoms with Crippen LogP contribution in [-0.4, -0.2) is 36.8 Å². The Hall–Kier alpha value is -2.01. The number of carbonyl (C=O) groups is 1. The maximum absolute atomic E-state index is 12.3. The second-order valence-corrected chi connectivity index (χ2v) is 5.75. The van der Waals surface area contributed by atoms with Crippen molar-refractivity contribution in [2.24, 2.45) is 0 Å². The van der Waals surface area contributed by atoms with Gasteiger partial charge in [-0.05, 0) is 43.5 Å². The summed E-state index contributed by atoms with van der Waals surface area (Å²) in [6, 6.07) is 8.00. The lowest BCUT2D eigenvalue weighted by atomic mass is 10.2. The largest absolute Gasteiger partial charge is 0.497 e. The number of hydrogen-bond donors (Lipinski definition) is 1. The predicted octanol–water partition coefficient (Wildman–Crippen LogP) is 2.33. The summed E-state index contributed by atoms with van der Waals surface area (Å²) in [7, 11) is 3.36. The van der Waals surface area contributed by atoms with Crippen LogP contribution >= 0.6 is 0 Å². The quantitative estimate of drug-likeness (QED) is 0.922. The van der Waals surface area contributed by atoms with E-state index in [1.807, 2.05) is 35.0 Å². The van der Waals surface area contributed by atoms with Gasteiger partial charge in [-0.2, -0.15) is 0 Å². The Kier molecular flexibility index (Phi) is 4.34. The van der Waals surface area contributed by atoms with Crippen LogP contribution in [-0.2, 0) is 16.1 Å². The molecule has 118 valence electrons. The number of nitrogens with one attached hydrogen (secondary N) is 1. The van der Waals surface area contributed by atoms with Gasteiger partial charge in [0.2, 0.25) is 5.91 Å². The maximum atomic E-state index is 12.3. The number of hydrogen-bond acceptors (Lipinski definition) is 3. The standard InChI is InChI=1S/C17H22N2O3/c1-21-13-6-7-15-12(10-13)8-9-19(15)11-17(20)18-14-4-3-5-16(14)22-2/h6-10,14,16H,3-5,11H2,1-2H3,(H,18,20)/t14-,16+/m1/s1. The van der Waals surface area contributed by atoms with Crippen molar-refractivity contribution in [1.82, 2.24) is 9.88 Å². The molecule has 1 aromatic heterocycles. The van der Waals surface area contributed by atoms with Crippen LogP contribution in [0.5, 0.6) is 5.75 Å². The van der Waals surface area contributed by atoms with Crippen molar-refractivity contribution in [3.05, 3.63) is 30.5 Å². The highest BCUT2D eigenvalue weighted by Gasteiger charge is 2.28. The predicted molar refractivity (Wildman–Crippen MR) is 85.1 cm³/mol. The molecule has 2 atom stereocenters. The van der Waals surface area contributed by atoms with Gasteiger partial charge in [0.15, 0.2) is 0 Å². The first-order valence-electron chi connectivity index (χ1n) is 7.66. The molecule has 1 aromatic carbocycles. The molecule has 1 amide bonds. The summed E-state index contributed by atoms with van der Waals surface area (Å²) in [5.41, 5.74) is 1.03. The van der Waals surface area contributed by atoms with Gasteiger partial charge in [0, 0.05) is 24.2 Å². The van der Waals surface area contributed by atoms with Crippen molar-refractivity contribution in [3.8, 4) is 5.75 Å². The van der Waals surface area contributed by atoms with E-state index in [1.54, 1.807) is 14.2 Å². The average molecular weight is 302 g/mol. The summed E-state index contributed by atoms with van der Waals surface area (Å²) in [6.45, 7) is 0.322. The van der Waals surface area contributed by atoms with Crippen molar-refractivity contribution in [3.63, 3.8) is 0 Å². The van der Waals surface area contributed by atoms with Gasteiger partial charge in [0.25, 0.3) is 0 Å². The van der Waals surface area contributed by atoms with Gasteiger partial charge in [-0.15, -0.1) is 0 Å². The molecule has 1 heterocycles. The number of carbonyl (C=O) groups excluding carboxylic acids is 1. The molecule has 1 fully saturated rings. The van der Waals surface area contributed by atoms with Crippen molar-refractivity contribution in [2.75, 3.05) is 14.2 Å². The lowest BCUT2D eigenvalue weighted by molar-refractivity contribution is -0.123. The van der Waals surface area contributed by atoms with E-state index in [9.17, 15) is 4.79 Å². The van der Waals surface area contributed by atoms with E-state index in [0.29, 0.717) is 6.54 Å². The van der Waals surface area contributed by atoms with Crippen LogP contribution in [0.3, 0.4) is 0 Å². The second-order valence-electron chi connectivity index (χ2n) is 5.75. The number of ether oxygens (including phenoxy) is 2. The lowest BCUT2D eigenvalue weighted by Gasteiger charge is -2.19. The molecular formula is C17H22N2O3. The number of benzene rings is 1. The Bertz CT molecular complexity index is 665. The molecule has 0 unspecified atom stereocenters. The zero-order chi connectivity index (χ0) is 15.5. The number of fused-ring (bicyclic) bond motifs is 1. The first kappa shape index (κ1) is 14.9. The van der Waals surface area contributed by atoms with Crippen molar-refractivity contribution in [2.45, 2.75) is 38.0 Å². The van der Waals surface area contributed by atoms with Gasteiger partial charge in [0.1, 0.15) is 12.3 Å². The first-order chi connectivity index (χ1) is 10.7. The van der Waals surface area contributed by atoms with Crippen molar-refractivity contribution < 1.29 is 14.3 Å². The minimum atomic E-state index is 0.0299. The van der Waals surface area contributed by atoms with Crippen LogP contribution in [0, 0.1) is 0 Å². The van der Waals surface area contributed by atoms with E-state index in [2.05, 4.69) is 5.32 Å². The van der Waals surface area contributed by atoms with E-state index in [-0.39, 0.29) is 18.1 Å². The Labute approximate surface area is 130 Å². The Morgan fingerprint density at radius 1 is 1.32 bits per heavy atom. The monoisotopic (exact) mass is 302 g/mol. The van der Waals surface area contributed by atoms with Gasteiger partial charge in [-0.1, -0.05) is 0 Å². The molecule has 0 saturated heterocycles. The molecule has 1 aliphatic carbocycles. The Morgan fingerprint density at radius 3 is 2.95 bits per heavy atom. The molecule has 3 rings (SSSR count). The molecule has 0 spiro atoms. The first-order valence-corrected chi connectivity index (χ1v) is 7.66. The van der Waals surface area contributed by atoms with Gasteiger partial charge in [-0.25, -0.2) is 0 Å². The van der Waals surface area contributed by atoms with Crippen molar-refractivity contribution >= 4 is 16.8 Å². The molecule has 0 aliphatic heterocycles. The fourth-order valence-electron chi connectivity index (χ4n) is 3.22. The molecule has 22 heavy (non-hydrogen) atoms. The fraction of sp³-hybridized carbons (Fsp3) is 0.471. The highest BCUT2D eigenvalue weighted by Crippen LogP contribution is 2.23. The van der Waals surface area contributed by atoms with Crippen LogP contribution in [0.1, 0.15) is 19.3 Å². The maximum Gasteiger partial charge on any atom is 0.240 e. The SMILES string of the molecule is COc1ccc2c(ccn2CC(=O)N[C@@H]2CCC[C@@H]2OC)c1. The molecule has 0 radical (unpaired) electrons. The highest BCUT2D eigenvalue weighted by molar-refractivity contribution is 5.84. The molecule has 1 N–H and O–H groups in total. The fourth-order valence-corrected chi connectivity index (χ4v) is 3.22. The van der Waals surface area contributed by atoms with E-state index in [4.69, 9.17) is 9.47 Å². The summed E-state index contributed by atoms with van der Waals surface area (Å²) < 4.78 is 12.6. The van der Waals surface area contributed by atoms with Crippen LogP contribution in [0.4, 0.5) is 0 Å². The normalized spacial score (nSPS) is 21.2. The van der Waals surface area contributed by atoms with Gasteiger partial charge in [-0.3, -0.25) is 4.79 Å². The second kappa shape index (κ2) is 6.40. The van der Waals surface area contributed by atoms with Crippen LogP contribution in [0.2, 0.25) is 0 Å². The van der Waals surface area contributed by atoms with Crippen molar-refractivity contribution in [1.29, 1.82) is 0 Å². The summed E-state index contributed by atoms with van der Waals surface area (Å²) in [4.78, 5) is 12.3. The summed E-state index contributed by atoms with van der Waals surface area (Å²) in [5, 5.41) is 4.17. The van der Waals surface area contributed by atoms with E-state index in [1.165, 1.54) is 0 Å². The third-order valence-electron chi connectivity index (χ3n) is 4.39. The average Bonchev–Trinajstić information content (AvgIpc) is 3.13. The Morgan fingerprint density at radius 2 is 2.18 bits per heavy atom. The minimum Gasteiger partial charge on any atom is -0.497 e. The van der Waals surface area contributed by atoms with Gasteiger partial charge in [0.05, 0.1) is 19.3 Å². The number of rotatable bonds is 5. The van der Waals surface area contributed by atoms with Crippen LogP contribution < -0.4 is 10.1 Å². The molecule has 5 heteroatoms. The zero-order valence-corrected chi connectivity index (χ0v) is 13.0. The highest BCUT2D eigenvalue weighted by atomic mass is 16.5. The molecule has 2 aromatic rings. The van der Waals surface area contributed by atoms with Crippen LogP contribution in [0.15, 0.2) is 30.5 Å². The molecule has 0 bridgehead atoms.